The first-order chi connectivity index (χ1) is 36.6. The van der Waals surface area contributed by atoms with Crippen LogP contribution in [0.3, 0.4) is 0 Å². The van der Waals surface area contributed by atoms with Gasteiger partial charge in [-0.05, 0) is 165 Å². The summed E-state index contributed by atoms with van der Waals surface area (Å²) < 4.78 is 16.1. The molecule has 1 atom stereocenters. The maximum atomic E-state index is 7.62. The van der Waals surface area contributed by atoms with E-state index < -0.39 is 0 Å². The fourth-order valence-corrected chi connectivity index (χ4v) is 7.56. The van der Waals surface area contributed by atoms with Crippen molar-refractivity contribution in [3.63, 3.8) is 0 Å². The highest BCUT2D eigenvalue weighted by molar-refractivity contribution is 6.01. The highest BCUT2D eigenvalue weighted by Crippen LogP contribution is 2.22. The smallest absolute Gasteiger partial charge is 0.125 e. The van der Waals surface area contributed by atoms with Crippen molar-refractivity contribution in [1.29, 1.82) is 5.41 Å². The number of imidazole rings is 2. The van der Waals surface area contributed by atoms with Crippen LogP contribution >= 0.6 is 0 Å². The number of rotatable bonds is 24. The number of benzene rings is 4. The highest BCUT2D eigenvalue weighted by atomic mass is 16.5. The lowest BCUT2D eigenvalue weighted by atomic mass is 10.1. The molecule has 0 saturated heterocycles. The minimum Gasteiger partial charge on any atom is -0.494 e. The van der Waals surface area contributed by atoms with Gasteiger partial charge in [0.1, 0.15) is 40.7 Å². The zero-order valence-electron chi connectivity index (χ0n) is 47.8. The van der Waals surface area contributed by atoms with Gasteiger partial charge in [0.15, 0.2) is 0 Å². The summed E-state index contributed by atoms with van der Waals surface area (Å²) in [6.07, 6.45) is 15.2. The molecule has 15 nitrogen and oxygen atoms in total. The van der Waals surface area contributed by atoms with Crippen LogP contribution in [-0.2, 0) is 26.9 Å². The van der Waals surface area contributed by atoms with Crippen molar-refractivity contribution >= 4 is 51.1 Å². The first-order valence-corrected chi connectivity index (χ1v) is 26.9. The van der Waals surface area contributed by atoms with Gasteiger partial charge in [0.2, 0.25) is 0 Å². The second-order valence-electron chi connectivity index (χ2n) is 18.2. The number of aromatic nitrogens is 4. The Labute approximate surface area is 461 Å². The van der Waals surface area contributed by atoms with E-state index in [-0.39, 0.29) is 19.3 Å². The second-order valence-corrected chi connectivity index (χ2v) is 18.2. The molecule has 9 N–H and O–H groups in total. The summed E-state index contributed by atoms with van der Waals surface area (Å²) >= 11 is 0. The van der Waals surface area contributed by atoms with Crippen molar-refractivity contribution < 1.29 is 9.47 Å². The zero-order valence-corrected chi connectivity index (χ0v) is 47.8. The average molecular weight is 1050 g/mol. The molecule has 0 spiro atoms. The summed E-state index contributed by atoms with van der Waals surface area (Å²) in [4.78, 5) is 26.7. The number of unbranched alkanes of at least 4 members (excludes halogenated alkanes) is 3. The van der Waals surface area contributed by atoms with Gasteiger partial charge in [-0.25, -0.2) is 9.97 Å². The number of allylic oxidation sites excluding steroid dienone is 3. The predicted octanol–water partition coefficient (Wildman–Crippen LogP) is 12.2. The Hall–Kier alpha value is -7.55. The highest BCUT2D eigenvalue weighted by Gasteiger charge is 2.12. The van der Waals surface area contributed by atoms with Gasteiger partial charge < -0.3 is 41.5 Å². The fraction of sp³-hybridized carbons (Fsp3) is 0.435. The van der Waals surface area contributed by atoms with Gasteiger partial charge in [-0.3, -0.25) is 25.4 Å². The van der Waals surface area contributed by atoms with Crippen LogP contribution in [0.25, 0.3) is 22.1 Å². The number of nitrogens with zero attached hydrogens (tertiary/aromatic N) is 8. The number of hydrogen-bond acceptors (Lipinski definition) is 9. The van der Waals surface area contributed by atoms with Gasteiger partial charge in [-0.2, -0.15) is 0 Å². The molecule has 0 aliphatic carbocycles. The second kappa shape index (κ2) is 35.7. The van der Waals surface area contributed by atoms with E-state index in [4.69, 9.17) is 52.8 Å². The Morgan fingerprint density at radius 1 is 0.688 bits per heavy atom. The van der Waals surface area contributed by atoms with Crippen molar-refractivity contribution in [2.75, 3.05) is 33.4 Å². The Morgan fingerprint density at radius 3 is 1.77 bits per heavy atom. The van der Waals surface area contributed by atoms with Gasteiger partial charge in [0, 0.05) is 75.5 Å². The third-order valence-corrected chi connectivity index (χ3v) is 12.4. The van der Waals surface area contributed by atoms with E-state index in [1.807, 2.05) is 94.5 Å². The first kappa shape index (κ1) is 65.6. The van der Waals surface area contributed by atoms with Gasteiger partial charge in [-0.1, -0.05) is 64.1 Å². The molecular formula is C62H93N13O2. The monoisotopic (exact) mass is 1050 g/mol. The maximum absolute atomic E-state index is 7.62. The number of nitrogens with two attached hydrogens (primary N) is 4. The number of fused-ring (bicyclic) bond motifs is 2. The third-order valence-electron chi connectivity index (χ3n) is 12.4. The first-order valence-electron chi connectivity index (χ1n) is 26.9. The summed E-state index contributed by atoms with van der Waals surface area (Å²) in [6.45, 7) is 20.9. The molecule has 1 unspecified atom stereocenters. The van der Waals surface area contributed by atoms with E-state index in [1.165, 1.54) is 5.57 Å². The number of ether oxygens (including phenoxy) is 2. The number of amidine groups is 4. The Morgan fingerprint density at radius 2 is 1.23 bits per heavy atom. The lowest BCUT2D eigenvalue weighted by Crippen LogP contribution is -2.16. The van der Waals surface area contributed by atoms with Crippen molar-refractivity contribution in [2.24, 2.45) is 57.0 Å². The predicted molar refractivity (Wildman–Crippen MR) is 330 cm³/mol. The molecule has 2 aromatic heterocycles. The fourth-order valence-electron chi connectivity index (χ4n) is 7.56. The number of nitrogen functional groups attached to an aromatic ring is 1. The quantitative estimate of drug-likeness (QED) is 0.0169. The average Bonchev–Trinajstić information content (AvgIpc) is 3.94. The molecule has 2 heterocycles. The number of nitrogens with one attached hydrogen (secondary N) is 1. The van der Waals surface area contributed by atoms with E-state index in [0.717, 1.165) is 132 Å². The molecule has 0 saturated carbocycles. The molecule has 418 valence electrons. The summed E-state index contributed by atoms with van der Waals surface area (Å²) in [5, 5.41) is 7.62. The molecule has 0 aliphatic heterocycles. The zero-order chi connectivity index (χ0) is 56.0. The molecule has 4 aromatic carbocycles. The van der Waals surface area contributed by atoms with Crippen LogP contribution < -0.4 is 32.4 Å². The molecule has 0 bridgehead atoms. The van der Waals surface area contributed by atoms with Crippen molar-refractivity contribution in [3.05, 3.63) is 143 Å². The number of hydrogen-bond donors (Lipinski definition) is 5. The molecule has 15 heteroatoms. The van der Waals surface area contributed by atoms with Crippen LogP contribution in [0.4, 0.5) is 0 Å². The maximum Gasteiger partial charge on any atom is 0.125 e. The lowest BCUT2D eigenvalue weighted by Gasteiger charge is -2.10. The van der Waals surface area contributed by atoms with E-state index in [1.54, 1.807) is 14.0 Å². The normalized spacial score (nSPS) is 12.5. The van der Waals surface area contributed by atoms with Crippen molar-refractivity contribution in [3.8, 4) is 11.5 Å². The molecule has 6 rings (SSSR count). The van der Waals surface area contributed by atoms with Crippen LogP contribution in [0.2, 0.25) is 0 Å². The molecule has 0 radical (unpaired) electrons. The number of aryl methyl sites for hydroxylation is 4. The topological polar surface area (TPSA) is 231 Å². The van der Waals surface area contributed by atoms with E-state index in [2.05, 4.69) is 102 Å². The van der Waals surface area contributed by atoms with Crippen LogP contribution in [0.5, 0.6) is 11.5 Å². The van der Waals surface area contributed by atoms with Gasteiger partial charge in [0.05, 0.1) is 41.1 Å². The van der Waals surface area contributed by atoms with Crippen molar-refractivity contribution in [2.45, 2.75) is 134 Å². The summed E-state index contributed by atoms with van der Waals surface area (Å²) in [5.74, 6) is 5.69. The van der Waals surface area contributed by atoms with Gasteiger partial charge in [-0.15, -0.1) is 0 Å². The largest absolute Gasteiger partial charge is 0.494 e. The summed E-state index contributed by atoms with van der Waals surface area (Å²) in [7, 11) is 5.76. The minimum atomic E-state index is 0. The van der Waals surface area contributed by atoms with Crippen LogP contribution in [0.15, 0.2) is 129 Å². The standard InChI is InChI=1S/C32H45N3O2.C24H30N8.C3H8N2.C2H6.CH4/c1-6-25(3)14-9-10-21-34-27(5)29-15-13-16-31(24-29)37-23-12-8-11-22-36-30-19-17-28(18-20-30)32(33)35-26(4)7-2;1-4-28-24(27)16-10-12-20-18(14-16)30-22(32(20)3)8-6-5-7-21-29-17-13-15(23(25)26)9-11-19(17)31(21)2;1-3(4)5-2;1-2;/h6,9,13-20,24,26H,7-8,10-12,21-23H2,1-5H3,(H2,33,35);9-14H,4-8H2,1-3H3,(H3,25,26)(H2,27,28);1-2H3,(H2,4,5);1-2H3;1H4/b14-9-,25-6-,34-27?;;;;. The molecule has 0 fully saturated rings. The van der Waals surface area contributed by atoms with Crippen LogP contribution in [0.1, 0.15) is 149 Å². The molecule has 6 aromatic rings. The van der Waals surface area contributed by atoms with Gasteiger partial charge in [0.25, 0.3) is 0 Å². The van der Waals surface area contributed by atoms with Crippen LogP contribution in [0, 0.1) is 5.41 Å². The van der Waals surface area contributed by atoms with Crippen LogP contribution in [-0.4, -0.2) is 87.5 Å². The minimum absolute atomic E-state index is 0. The van der Waals surface area contributed by atoms with Gasteiger partial charge >= 0.3 is 0 Å². The Balaban J connectivity index is 0.000000467. The molecular weight excluding hydrogens is 959 g/mol. The van der Waals surface area contributed by atoms with E-state index in [9.17, 15) is 0 Å². The summed E-state index contributed by atoms with van der Waals surface area (Å²) in [5.41, 5.74) is 32.7. The van der Waals surface area contributed by atoms with Crippen molar-refractivity contribution in [1.82, 2.24) is 19.1 Å². The Bertz CT molecular complexity index is 2900. The number of aliphatic imine (C=N–C) groups is 4. The van der Waals surface area contributed by atoms with E-state index >= 15 is 0 Å². The lowest BCUT2D eigenvalue weighted by molar-refractivity contribution is 0.279. The molecule has 0 aliphatic rings. The van der Waals surface area contributed by atoms with E-state index in [0.29, 0.717) is 42.8 Å². The Kier molecular flexibility index (Phi) is 30.4. The molecule has 77 heavy (non-hydrogen) atoms. The summed E-state index contributed by atoms with van der Waals surface area (Å²) in [6, 6.07) is 28.1. The SMILES string of the molecule is C.C/C=C(C)\C=C/CCN=C(C)c1cccc(OCCCCCOc2ccc(C(N)=NC(C)CC)cc2)c1.CC.CCN=C(N)c1ccc2c(c1)nc(CCCCc1nc3cc(C(=N)N)ccc3n1C)n2C.CN=C(C)N. The molecule has 0 amide bonds. The third kappa shape index (κ3) is 22.3.